The Hall–Kier alpha value is -4.57. The van der Waals surface area contributed by atoms with Gasteiger partial charge in [-0.25, -0.2) is 4.98 Å². The van der Waals surface area contributed by atoms with Crippen LogP contribution in [0.1, 0.15) is 18.9 Å². The number of benzene rings is 3. The highest BCUT2D eigenvalue weighted by Gasteiger charge is 2.16. The number of para-hydroxylation sites is 2. The Morgan fingerprint density at radius 2 is 1.72 bits per heavy atom. The number of aryl methyl sites for hydroxylation is 1. The first-order valence-corrected chi connectivity index (χ1v) is 13.5. The standard InChI is InChI=1S/C29H27N5O4S/c1-2-38-21-14-12-20(13-15-21)31-27(36)18-39-29-32-25-10-6-4-8-23(25)28(37)34(29)33-26(35)16-11-19-17-30-24-9-5-3-7-22(19)24/h3-10,12-15,17,30H,2,11,16,18H2,1H3,(H,31,36)(H,33,35). The summed E-state index contributed by atoms with van der Waals surface area (Å²) in [7, 11) is 0. The van der Waals surface area contributed by atoms with Crippen LogP contribution in [0.5, 0.6) is 5.75 Å². The van der Waals surface area contributed by atoms with Crippen molar-refractivity contribution in [2.75, 3.05) is 23.1 Å². The molecule has 0 fully saturated rings. The van der Waals surface area contributed by atoms with Gasteiger partial charge in [-0.1, -0.05) is 42.1 Å². The fourth-order valence-electron chi connectivity index (χ4n) is 4.20. The molecule has 9 nitrogen and oxygen atoms in total. The second-order valence-electron chi connectivity index (χ2n) is 8.74. The fraction of sp³-hybridized carbons (Fsp3) is 0.172. The number of aromatic nitrogens is 3. The van der Waals surface area contributed by atoms with Gasteiger partial charge in [0, 0.05) is 29.2 Å². The average molecular weight is 542 g/mol. The van der Waals surface area contributed by atoms with Crippen LogP contribution in [-0.4, -0.2) is 38.8 Å². The van der Waals surface area contributed by atoms with Crippen molar-refractivity contribution in [2.24, 2.45) is 0 Å². The molecule has 2 aromatic heterocycles. The maximum Gasteiger partial charge on any atom is 0.281 e. The lowest BCUT2D eigenvalue weighted by atomic mass is 10.1. The van der Waals surface area contributed by atoms with Crippen LogP contribution in [0.2, 0.25) is 0 Å². The molecule has 39 heavy (non-hydrogen) atoms. The zero-order valence-electron chi connectivity index (χ0n) is 21.3. The Kier molecular flexibility index (Phi) is 7.93. The lowest BCUT2D eigenvalue weighted by Gasteiger charge is -2.14. The summed E-state index contributed by atoms with van der Waals surface area (Å²) in [6.45, 7) is 2.46. The van der Waals surface area contributed by atoms with Gasteiger partial charge in [0.25, 0.3) is 5.56 Å². The number of aromatic amines is 1. The second-order valence-corrected chi connectivity index (χ2v) is 9.68. The molecule has 0 aliphatic heterocycles. The van der Waals surface area contributed by atoms with Crippen molar-refractivity contribution < 1.29 is 14.3 Å². The van der Waals surface area contributed by atoms with Gasteiger partial charge in [0.05, 0.1) is 23.3 Å². The largest absolute Gasteiger partial charge is 0.494 e. The smallest absolute Gasteiger partial charge is 0.281 e. The number of hydrogen-bond acceptors (Lipinski definition) is 6. The van der Waals surface area contributed by atoms with Crippen LogP contribution in [0, 0.1) is 0 Å². The molecule has 5 rings (SSSR count). The summed E-state index contributed by atoms with van der Waals surface area (Å²) in [6.07, 6.45) is 2.56. The van der Waals surface area contributed by atoms with E-state index in [4.69, 9.17) is 4.74 Å². The van der Waals surface area contributed by atoms with Gasteiger partial charge in [-0.2, -0.15) is 4.68 Å². The van der Waals surface area contributed by atoms with Gasteiger partial charge in [-0.05, 0) is 61.4 Å². The lowest BCUT2D eigenvalue weighted by molar-refractivity contribution is -0.117. The number of carbonyl (C=O) groups excluding carboxylic acids is 2. The van der Waals surface area contributed by atoms with Crippen molar-refractivity contribution in [2.45, 2.75) is 24.9 Å². The van der Waals surface area contributed by atoms with E-state index in [-0.39, 0.29) is 29.1 Å². The molecule has 198 valence electrons. The molecule has 0 spiro atoms. The number of ether oxygens (including phenoxy) is 1. The van der Waals surface area contributed by atoms with Crippen molar-refractivity contribution in [3.8, 4) is 5.75 Å². The molecule has 0 bridgehead atoms. The van der Waals surface area contributed by atoms with Crippen molar-refractivity contribution in [1.29, 1.82) is 0 Å². The number of nitrogens with one attached hydrogen (secondary N) is 3. The molecule has 0 atom stereocenters. The first kappa shape index (κ1) is 26.1. The maximum absolute atomic E-state index is 13.3. The minimum absolute atomic E-state index is 0.0107. The van der Waals surface area contributed by atoms with E-state index in [1.54, 1.807) is 48.5 Å². The number of rotatable bonds is 10. The predicted molar refractivity (Wildman–Crippen MR) is 154 cm³/mol. The zero-order chi connectivity index (χ0) is 27.2. The first-order chi connectivity index (χ1) is 19.0. The minimum atomic E-state index is -0.407. The van der Waals surface area contributed by atoms with Crippen molar-refractivity contribution in [1.82, 2.24) is 14.6 Å². The van der Waals surface area contributed by atoms with Gasteiger partial charge in [-0.3, -0.25) is 19.8 Å². The molecule has 2 amide bonds. The second kappa shape index (κ2) is 11.9. The molecule has 3 aromatic carbocycles. The highest BCUT2D eigenvalue weighted by atomic mass is 32.2. The number of carbonyl (C=O) groups is 2. The van der Waals surface area contributed by atoms with Gasteiger partial charge >= 0.3 is 0 Å². The number of hydrogen-bond donors (Lipinski definition) is 3. The average Bonchev–Trinajstić information content (AvgIpc) is 3.37. The molecule has 0 saturated heterocycles. The Bertz CT molecular complexity index is 1690. The normalized spacial score (nSPS) is 11.0. The molecule has 2 heterocycles. The Morgan fingerprint density at radius 3 is 2.51 bits per heavy atom. The zero-order valence-corrected chi connectivity index (χ0v) is 22.1. The summed E-state index contributed by atoms with van der Waals surface area (Å²) in [4.78, 5) is 46.6. The number of anilines is 1. The monoisotopic (exact) mass is 541 g/mol. The highest BCUT2D eigenvalue weighted by molar-refractivity contribution is 7.99. The lowest BCUT2D eigenvalue weighted by Crippen LogP contribution is -2.35. The molecule has 3 N–H and O–H groups in total. The highest BCUT2D eigenvalue weighted by Crippen LogP contribution is 2.21. The van der Waals surface area contributed by atoms with Crippen LogP contribution in [-0.2, 0) is 16.0 Å². The van der Waals surface area contributed by atoms with Crippen LogP contribution in [0.25, 0.3) is 21.8 Å². The molecular formula is C29H27N5O4S. The Morgan fingerprint density at radius 1 is 0.974 bits per heavy atom. The van der Waals surface area contributed by atoms with Crippen LogP contribution in [0.3, 0.4) is 0 Å². The van der Waals surface area contributed by atoms with Gasteiger partial charge in [-0.15, -0.1) is 0 Å². The third-order valence-electron chi connectivity index (χ3n) is 6.06. The number of H-pyrrole nitrogens is 1. The molecule has 10 heteroatoms. The molecule has 0 unspecified atom stereocenters. The van der Waals surface area contributed by atoms with Gasteiger partial charge in [0.15, 0.2) is 5.16 Å². The number of amides is 2. The van der Waals surface area contributed by atoms with E-state index in [9.17, 15) is 14.4 Å². The molecule has 5 aromatic rings. The molecule has 0 saturated carbocycles. The van der Waals surface area contributed by atoms with E-state index in [2.05, 4.69) is 20.7 Å². The molecule has 0 radical (unpaired) electrons. The maximum atomic E-state index is 13.3. The predicted octanol–water partition coefficient (Wildman–Crippen LogP) is 4.71. The topological polar surface area (TPSA) is 118 Å². The quantitative estimate of drug-likeness (QED) is 0.174. The number of nitrogens with zero attached hydrogens (tertiary/aromatic N) is 2. The number of thioether (sulfide) groups is 1. The van der Waals surface area contributed by atoms with Crippen molar-refractivity contribution >= 4 is 51.1 Å². The Labute approximate surface area is 228 Å². The SMILES string of the molecule is CCOc1ccc(NC(=O)CSc2nc3ccccc3c(=O)n2NC(=O)CCc2c[nH]c3ccccc23)cc1. The third kappa shape index (κ3) is 6.12. The van der Waals surface area contributed by atoms with E-state index in [0.29, 0.717) is 29.6 Å². The molecular weight excluding hydrogens is 514 g/mol. The van der Waals surface area contributed by atoms with Crippen LogP contribution in [0.4, 0.5) is 5.69 Å². The van der Waals surface area contributed by atoms with E-state index in [1.165, 1.54) is 0 Å². The van der Waals surface area contributed by atoms with Crippen molar-refractivity contribution in [3.05, 3.63) is 94.9 Å². The van der Waals surface area contributed by atoms with Crippen LogP contribution in [0.15, 0.2) is 88.9 Å². The van der Waals surface area contributed by atoms with E-state index in [1.807, 2.05) is 37.4 Å². The summed E-state index contributed by atoms with van der Waals surface area (Å²) in [5.41, 5.74) is 5.43. The molecule has 0 aliphatic rings. The van der Waals surface area contributed by atoms with E-state index < -0.39 is 5.56 Å². The summed E-state index contributed by atoms with van der Waals surface area (Å²) >= 11 is 1.07. The summed E-state index contributed by atoms with van der Waals surface area (Å²) in [6, 6.07) is 21.9. The number of fused-ring (bicyclic) bond motifs is 2. The van der Waals surface area contributed by atoms with Gasteiger partial charge in [0.2, 0.25) is 11.8 Å². The van der Waals surface area contributed by atoms with E-state index >= 15 is 0 Å². The van der Waals surface area contributed by atoms with E-state index in [0.717, 1.165) is 38.7 Å². The summed E-state index contributed by atoms with van der Waals surface area (Å²) in [5, 5.41) is 4.48. The third-order valence-corrected chi connectivity index (χ3v) is 7.00. The van der Waals surface area contributed by atoms with Crippen LogP contribution >= 0.6 is 11.8 Å². The fourth-order valence-corrected chi connectivity index (χ4v) is 4.96. The Balaban J connectivity index is 1.30. The molecule has 0 aliphatic carbocycles. The first-order valence-electron chi connectivity index (χ1n) is 12.5. The van der Waals surface area contributed by atoms with Crippen molar-refractivity contribution in [3.63, 3.8) is 0 Å². The minimum Gasteiger partial charge on any atom is -0.494 e. The van der Waals surface area contributed by atoms with Gasteiger partial charge < -0.3 is 15.0 Å². The van der Waals surface area contributed by atoms with Crippen LogP contribution < -0.4 is 21.0 Å². The summed E-state index contributed by atoms with van der Waals surface area (Å²) in [5.74, 6) is 0.0991. The van der Waals surface area contributed by atoms with Gasteiger partial charge in [0.1, 0.15) is 5.75 Å². The summed E-state index contributed by atoms with van der Waals surface area (Å²) < 4.78 is 6.56.